The van der Waals surface area contributed by atoms with E-state index in [0.29, 0.717) is 0 Å². The molecule has 0 aromatic carbocycles. The summed E-state index contributed by atoms with van der Waals surface area (Å²) < 4.78 is 4.80. The molecule has 57 valence electrons. The fourth-order valence-corrected chi connectivity index (χ4v) is 0.431. The zero-order valence-corrected chi connectivity index (χ0v) is 11.5. The van der Waals surface area contributed by atoms with E-state index in [2.05, 4.69) is 13.6 Å². The van der Waals surface area contributed by atoms with Gasteiger partial charge in [0, 0.05) is 6.92 Å². The molecule has 0 atom stereocenters. The quantitative estimate of drug-likeness (QED) is 0.493. The fraction of sp³-hybridized carbons (Fsp3) is 0.833. The van der Waals surface area contributed by atoms with Gasteiger partial charge in [-0.3, -0.25) is 4.79 Å². The van der Waals surface area contributed by atoms with E-state index in [0.717, 1.165) is 0 Å². The molecule has 0 saturated carbocycles. The summed E-state index contributed by atoms with van der Waals surface area (Å²) in [5.41, 5.74) is -0.328. The second kappa shape index (κ2) is 6.29. The molecule has 0 heterocycles. The van der Waals surface area contributed by atoms with Gasteiger partial charge in [-0.2, -0.15) is 0 Å². The first-order chi connectivity index (χ1) is 4.42. The first-order valence-corrected chi connectivity index (χ1v) is 9.83. The number of rotatable bonds is 0. The molecule has 0 spiro atoms. The van der Waals surface area contributed by atoms with E-state index in [1.165, 1.54) is 23.3 Å². The Kier molecular flexibility index (Phi) is 8.30. The van der Waals surface area contributed by atoms with Crippen molar-refractivity contribution in [1.82, 2.24) is 0 Å². The van der Waals surface area contributed by atoms with E-state index in [9.17, 15) is 4.79 Å². The van der Waals surface area contributed by atoms with Gasteiger partial charge in [0.05, 0.1) is 0 Å². The van der Waals surface area contributed by atoms with Crippen LogP contribution in [0.5, 0.6) is 0 Å². The Morgan fingerprint density at radius 1 is 1.40 bits per heavy atom. The third-order valence-corrected chi connectivity index (χ3v) is 0.450. The molecule has 0 unspecified atom stereocenters. The van der Waals surface area contributed by atoms with E-state index in [4.69, 9.17) is 4.74 Å². The number of hydrogen-bond donors (Lipinski definition) is 0. The van der Waals surface area contributed by atoms with Crippen molar-refractivity contribution >= 4 is 19.6 Å². The molecule has 0 amide bonds. The number of esters is 1. The summed E-state index contributed by atoms with van der Waals surface area (Å²) in [7, 11) is 0. The maximum absolute atomic E-state index is 10.2. The van der Waals surface area contributed by atoms with Gasteiger partial charge in [-0.1, -0.05) is 0 Å². The Hall–Kier alpha value is 0.573. The summed E-state index contributed by atoms with van der Waals surface area (Å²) in [6, 6.07) is 0. The van der Waals surface area contributed by atoms with Gasteiger partial charge in [0.15, 0.2) is 0 Å². The van der Waals surface area contributed by atoms with Gasteiger partial charge in [0.25, 0.3) is 0 Å². The van der Waals surface area contributed by atoms with Gasteiger partial charge in [-0.05, 0) is 20.8 Å². The van der Waals surface area contributed by atoms with Gasteiger partial charge in [0.2, 0.25) is 0 Å². The van der Waals surface area contributed by atoms with E-state index < -0.39 is 0 Å². The molecule has 0 fully saturated rings. The molecule has 0 saturated heterocycles. The molecule has 4 heteroatoms. The van der Waals surface area contributed by atoms with Crippen LogP contribution in [0.3, 0.4) is 0 Å². The average Bonchev–Trinajstić information content (AvgIpc) is 1.64. The standard InChI is InChI=1S/C6H12O2.BrH.Zn/c1-5(7)8-6(2,3)4;;/h1-4H3;1H;/q;;+1/p-1. The van der Waals surface area contributed by atoms with Crippen LogP contribution in [0.4, 0.5) is 0 Å². The third kappa shape index (κ3) is 15.8. The third-order valence-electron chi connectivity index (χ3n) is 0.450. The first-order valence-electron chi connectivity index (χ1n) is 2.88. The molecule has 0 aromatic rings. The van der Waals surface area contributed by atoms with Crippen LogP contribution < -0.4 is 0 Å². The molecule has 0 bridgehead atoms. The van der Waals surface area contributed by atoms with Crippen molar-refractivity contribution in [2.75, 3.05) is 0 Å². The Morgan fingerprint density at radius 3 is 1.70 bits per heavy atom. The Morgan fingerprint density at radius 2 is 1.70 bits per heavy atom. The number of hydrogen-bond acceptors (Lipinski definition) is 2. The Balaban J connectivity index is 0. The monoisotopic (exact) mass is 259 g/mol. The van der Waals surface area contributed by atoms with Gasteiger partial charge in [-0.25, -0.2) is 0 Å². The summed E-state index contributed by atoms with van der Waals surface area (Å²) >= 11 is 4.25. The second-order valence-corrected chi connectivity index (χ2v) is 2.71. The molecule has 0 aliphatic rings. The van der Waals surface area contributed by atoms with Crippen molar-refractivity contribution in [2.24, 2.45) is 0 Å². The van der Waals surface area contributed by atoms with Gasteiger partial charge in [-0.15, -0.1) is 0 Å². The van der Waals surface area contributed by atoms with Gasteiger partial charge < -0.3 is 4.74 Å². The van der Waals surface area contributed by atoms with Gasteiger partial charge >= 0.3 is 35.9 Å². The van der Waals surface area contributed by atoms with Crippen molar-refractivity contribution in [3.05, 3.63) is 0 Å². The summed E-state index contributed by atoms with van der Waals surface area (Å²) in [5.74, 6) is -0.225. The molecular weight excluding hydrogens is 249 g/mol. The van der Waals surface area contributed by atoms with Crippen LogP contribution in [0, 0.1) is 0 Å². The molecular formula is C6H12BrO2Zn. The van der Waals surface area contributed by atoms with Crippen LogP contribution in [0.15, 0.2) is 0 Å². The fourth-order valence-electron chi connectivity index (χ4n) is 0.431. The summed E-state index contributed by atoms with van der Waals surface area (Å²) in [6.07, 6.45) is 0. The zero-order chi connectivity index (χ0) is 8.78. The first kappa shape index (κ1) is 13.2. The molecule has 0 radical (unpaired) electrons. The Labute approximate surface area is 78.7 Å². The zero-order valence-electron chi connectivity index (χ0n) is 6.90. The van der Waals surface area contributed by atoms with Crippen LogP contribution in [0.1, 0.15) is 27.7 Å². The number of ether oxygens (including phenoxy) is 1. The molecule has 0 aliphatic carbocycles. The van der Waals surface area contributed by atoms with Crippen LogP contribution in [0.25, 0.3) is 0 Å². The molecule has 10 heavy (non-hydrogen) atoms. The van der Waals surface area contributed by atoms with Crippen molar-refractivity contribution < 1.29 is 25.9 Å². The molecule has 0 aliphatic heterocycles. The maximum atomic E-state index is 10.2. The van der Waals surface area contributed by atoms with Crippen molar-refractivity contribution in [3.63, 3.8) is 0 Å². The summed E-state index contributed by atoms with van der Waals surface area (Å²) in [5, 5.41) is 0. The van der Waals surface area contributed by atoms with Crippen molar-refractivity contribution in [3.8, 4) is 0 Å². The number of halogens is 1. The predicted octanol–water partition coefficient (Wildman–Crippen LogP) is 2.19. The van der Waals surface area contributed by atoms with E-state index in [1.54, 1.807) is 0 Å². The molecule has 0 N–H and O–H groups in total. The van der Waals surface area contributed by atoms with E-state index in [-0.39, 0.29) is 11.6 Å². The average molecular weight is 261 g/mol. The second-order valence-electron chi connectivity index (χ2n) is 2.71. The molecule has 0 aromatic heterocycles. The predicted molar refractivity (Wildman–Crippen MR) is 40.4 cm³/mol. The van der Waals surface area contributed by atoms with Crippen molar-refractivity contribution in [1.29, 1.82) is 0 Å². The van der Waals surface area contributed by atoms with Crippen LogP contribution >= 0.6 is 13.6 Å². The molecule has 2 nitrogen and oxygen atoms in total. The number of carbonyl (C=O) groups excluding carboxylic acids is 1. The van der Waals surface area contributed by atoms with Crippen molar-refractivity contribution in [2.45, 2.75) is 33.3 Å². The topological polar surface area (TPSA) is 26.3 Å². The Bertz CT molecular complexity index is 98.4. The molecule has 0 rings (SSSR count). The summed E-state index contributed by atoms with van der Waals surface area (Å²) in [6.45, 7) is 6.93. The minimum absolute atomic E-state index is 0.225. The van der Waals surface area contributed by atoms with Crippen LogP contribution in [-0.2, 0) is 25.9 Å². The van der Waals surface area contributed by atoms with Crippen LogP contribution in [0.2, 0.25) is 0 Å². The normalized spacial score (nSPS) is 9.50. The summed E-state index contributed by atoms with van der Waals surface area (Å²) in [4.78, 5) is 10.2. The minimum atomic E-state index is -0.328. The van der Waals surface area contributed by atoms with Gasteiger partial charge in [0.1, 0.15) is 5.60 Å². The number of carbonyl (C=O) groups is 1. The SMILES string of the molecule is CC(=O)OC(C)(C)C.[Zn][Br]. The van der Waals surface area contributed by atoms with Crippen LogP contribution in [-0.4, -0.2) is 11.6 Å². The van der Waals surface area contributed by atoms with E-state index in [1.807, 2.05) is 20.8 Å². The van der Waals surface area contributed by atoms with E-state index >= 15 is 0 Å².